The third kappa shape index (κ3) is 4.30. The van der Waals surface area contributed by atoms with Crippen molar-refractivity contribution in [1.29, 1.82) is 0 Å². The first-order valence-corrected chi connectivity index (χ1v) is 9.11. The van der Waals surface area contributed by atoms with Crippen molar-refractivity contribution in [2.24, 2.45) is 0 Å². The van der Waals surface area contributed by atoms with Crippen molar-refractivity contribution in [1.82, 2.24) is 4.98 Å². The van der Waals surface area contributed by atoms with Gasteiger partial charge in [0.15, 0.2) is 0 Å². The fraction of sp³-hybridized carbons (Fsp3) is 0.364. The van der Waals surface area contributed by atoms with Crippen LogP contribution in [0, 0.1) is 0 Å². The Bertz CT molecular complexity index is 854. The molecule has 1 aliphatic rings. The van der Waals surface area contributed by atoms with Crippen molar-refractivity contribution in [2.75, 3.05) is 11.4 Å². The van der Waals surface area contributed by atoms with E-state index in [1.807, 2.05) is 58.0 Å². The van der Waals surface area contributed by atoms with Gasteiger partial charge in [0.1, 0.15) is 23.8 Å². The minimum Gasteiger partial charge on any atom is -0.488 e. The minimum atomic E-state index is -0.551. The highest BCUT2D eigenvalue weighted by molar-refractivity contribution is 5.90. The van der Waals surface area contributed by atoms with Crippen molar-refractivity contribution < 1.29 is 14.3 Å². The summed E-state index contributed by atoms with van der Waals surface area (Å²) >= 11 is 0. The molecule has 2 heterocycles. The van der Waals surface area contributed by atoms with E-state index in [2.05, 4.69) is 11.6 Å². The highest BCUT2D eigenvalue weighted by Gasteiger charge is 2.33. The number of hydrogen-bond donors (Lipinski definition) is 0. The SMILES string of the molecule is C=C(C)c1cnc2c(c1OCc1ccccc1)CCN2C(=O)OC(C)(C)C. The Morgan fingerprint density at radius 1 is 1.26 bits per heavy atom. The lowest BCUT2D eigenvalue weighted by Crippen LogP contribution is -2.36. The molecule has 2 aromatic rings. The Morgan fingerprint density at radius 2 is 1.96 bits per heavy atom. The maximum atomic E-state index is 12.5. The number of amides is 1. The molecule has 0 spiro atoms. The number of carbonyl (C=O) groups is 1. The second kappa shape index (κ2) is 7.43. The van der Waals surface area contributed by atoms with Crippen LogP contribution in [-0.4, -0.2) is 23.2 Å². The molecule has 142 valence electrons. The van der Waals surface area contributed by atoms with Crippen LogP contribution in [-0.2, 0) is 17.8 Å². The molecule has 0 saturated carbocycles. The fourth-order valence-electron chi connectivity index (χ4n) is 3.01. The average Bonchev–Trinajstić information content (AvgIpc) is 3.03. The number of nitrogens with zero attached hydrogens (tertiary/aromatic N) is 2. The van der Waals surface area contributed by atoms with Crippen LogP contribution in [0.3, 0.4) is 0 Å². The van der Waals surface area contributed by atoms with Gasteiger partial charge >= 0.3 is 6.09 Å². The molecule has 5 nitrogen and oxygen atoms in total. The number of fused-ring (bicyclic) bond motifs is 1. The molecule has 1 aliphatic heterocycles. The number of pyridine rings is 1. The summed E-state index contributed by atoms with van der Waals surface area (Å²) in [7, 11) is 0. The molecule has 1 amide bonds. The lowest BCUT2D eigenvalue weighted by atomic mass is 10.1. The number of ether oxygens (including phenoxy) is 2. The molecule has 1 aromatic heterocycles. The summed E-state index contributed by atoms with van der Waals surface area (Å²) in [6.07, 6.45) is 2.02. The first-order chi connectivity index (χ1) is 12.8. The van der Waals surface area contributed by atoms with E-state index in [4.69, 9.17) is 9.47 Å². The highest BCUT2D eigenvalue weighted by Crippen LogP contribution is 2.39. The number of anilines is 1. The van der Waals surface area contributed by atoms with Gasteiger partial charge in [-0.3, -0.25) is 4.90 Å². The molecular formula is C22H26N2O3. The van der Waals surface area contributed by atoms with E-state index in [9.17, 15) is 4.79 Å². The van der Waals surface area contributed by atoms with Gasteiger partial charge in [0, 0.05) is 23.9 Å². The zero-order chi connectivity index (χ0) is 19.6. The molecule has 0 aliphatic carbocycles. The van der Waals surface area contributed by atoms with E-state index in [-0.39, 0.29) is 6.09 Å². The number of aromatic nitrogens is 1. The van der Waals surface area contributed by atoms with Crippen LogP contribution < -0.4 is 9.64 Å². The molecule has 27 heavy (non-hydrogen) atoms. The van der Waals surface area contributed by atoms with Crippen LogP contribution in [0.4, 0.5) is 10.6 Å². The summed E-state index contributed by atoms with van der Waals surface area (Å²) in [6, 6.07) is 9.99. The molecule has 5 heteroatoms. The summed E-state index contributed by atoms with van der Waals surface area (Å²) in [5.41, 5.74) is 3.21. The van der Waals surface area contributed by atoms with Gasteiger partial charge in [-0.15, -0.1) is 0 Å². The van der Waals surface area contributed by atoms with Crippen LogP contribution in [0.25, 0.3) is 5.57 Å². The topological polar surface area (TPSA) is 51.7 Å². The van der Waals surface area contributed by atoms with Gasteiger partial charge in [0.2, 0.25) is 0 Å². The standard InChI is InChI=1S/C22H26N2O3/c1-15(2)18-13-23-20-17(11-12-24(20)21(25)27-22(3,4)5)19(18)26-14-16-9-7-6-8-10-16/h6-10,13H,1,11-12,14H2,2-5H3. The summed E-state index contributed by atoms with van der Waals surface area (Å²) in [5, 5.41) is 0. The number of allylic oxidation sites excluding steroid dienone is 1. The maximum Gasteiger partial charge on any atom is 0.416 e. The molecular weight excluding hydrogens is 340 g/mol. The van der Waals surface area contributed by atoms with Crippen molar-refractivity contribution in [3.63, 3.8) is 0 Å². The summed E-state index contributed by atoms with van der Waals surface area (Å²) in [6.45, 7) is 12.5. The first-order valence-electron chi connectivity index (χ1n) is 9.11. The van der Waals surface area contributed by atoms with Crippen LogP contribution in [0.5, 0.6) is 5.75 Å². The molecule has 0 atom stereocenters. The summed E-state index contributed by atoms with van der Waals surface area (Å²) in [5.74, 6) is 1.36. The van der Waals surface area contributed by atoms with Gasteiger partial charge in [0.05, 0.1) is 0 Å². The number of benzene rings is 1. The Hall–Kier alpha value is -2.82. The van der Waals surface area contributed by atoms with Crippen molar-refractivity contribution in [2.45, 2.75) is 46.3 Å². The van der Waals surface area contributed by atoms with E-state index >= 15 is 0 Å². The predicted molar refractivity (Wildman–Crippen MR) is 107 cm³/mol. The van der Waals surface area contributed by atoms with E-state index in [0.29, 0.717) is 25.4 Å². The summed E-state index contributed by atoms with van der Waals surface area (Å²) in [4.78, 5) is 18.6. The molecule has 1 aromatic carbocycles. The zero-order valence-electron chi connectivity index (χ0n) is 16.4. The normalized spacial score (nSPS) is 13.3. The third-order valence-corrected chi connectivity index (χ3v) is 4.25. The monoisotopic (exact) mass is 366 g/mol. The lowest BCUT2D eigenvalue weighted by Gasteiger charge is -2.24. The second-order valence-electron chi connectivity index (χ2n) is 7.74. The highest BCUT2D eigenvalue weighted by atomic mass is 16.6. The van der Waals surface area contributed by atoms with Crippen LogP contribution >= 0.6 is 0 Å². The van der Waals surface area contributed by atoms with E-state index in [1.165, 1.54) is 0 Å². The average molecular weight is 366 g/mol. The first kappa shape index (κ1) is 19.0. The van der Waals surface area contributed by atoms with Gasteiger partial charge in [0.25, 0.3) is 0 Å². The number of hydrogen-bond acceptors (Lipinski definition) is 4. The predicted octanol–water partition coefficient (Wildman–Crippen LogP) is 4.99. The molecule has 0 saturated heterocycles. The Balaban J connectivity index is 1.91. The number of carbonyl (C=O) groups excluding carboxylic acids is 1. The van der Waals surface area contributed by atoms with Crippen molar-refractivity contribution >= 4 is 17.5 Å². The van der Waals surface area contributed by atoms with Crippen LogP contribution in [0.1, 0.15) is 44.4 Å². The van der Waals surface area contributed by atoms with Gasteiger partial charge in [-0.1, -0.05) is 36.9 Å². The number of rotatable bonds is 4. The quantitative estimate of drug-likeness (QED) is 0.765. The van der Waals surface area contributed by atoms with E-state index in [1.54, 1.807) is 11.1 Å². The van der Waals surface area contributed by atoms with E-state index in [0.717, 1.165) is 28.0 Å². The van der Waals surface area contributed by atoms with Crippen molar-refractivity contribution in [3.8, 4) is 5.75 Å². The largest absolute Gasteiger partial charge is 0.488 e. The van der Waals surface area contributed by atoms with Gasteiger partial charge in [-0.25, -0.2) is 9.78 Å². The molecule has 0 N–H and O–H groups in total. The van der Waals surface area contributed by atoms with E-state index < -0.39 is 5.60 Å². The zero-order valence-corrected chi connectivity index (χ0v) is 16.4. The second-order valence-corrected chi connectivity index (χ2v) is 7.74. The Kier molecular flexibility index (Phi) is 5.22. The molecule has 0 radical (unpaired) electrons. The molecule has 0 unspecified atom stereocenters. The molecule has 0 fully saturated rings. The lowest BCUT2D eigenvalue weighted by molar-refractivity contribution is 0.0583. The Morgan fingerprint density at radius 3 is 2.59 bits per heavy atom. The molecule has 0 bridgehead atoms. The van der Waals surface area contributed by atoms with Crippen molar-refractivity contribution in [3.05, 3.63) is 59.8 Å². The van der Waals surface area contributed by atoms with Gasteiger partial charge in [-0.05, 0) is 45.3 Å². The minimum absolute atomic E-state index is 0.383. The van der Waals surface area contributed by atoms with Crippen LogP contribution in [0.15, 0.2) is 43.1 Å². The van der Waals surface area contributed by atoms with Gasteiger partial charge in [-0.2, -0.15) is 0 Å². The fourth-order valence-corrected chi connectivity index (χ4v) is 3.01. The smallest absolute Gasteiger partial charge is 0.416 e. The Labute approximate surface area is 160 Å². The third-order valence-electron chi connectivity index (χ3n) is 4.25. The van der Waals surface area contributed by atoms with Gasteiger partial charge < -0.3 is 9.47 Å². The maximum absolute atomic E-state index is 12.5. The molecule has 3 rings (SSSR count). The van der Waals surface area contributed by atoms with Crippen LogP contribution in [0.2, 0.25) is 0 Å². The summed E-state index contributed by atoms with van der Waals surface area (Å²) < 4.78 is 11.7.